The molecule has 1 spiro atoms. The molecule has 2 atom stereocenters. The van der Waals surface area contributed by atoms with Gasteiger partial charge in [0.15, 0.2) is 5.78 Å². The van der Waals surface area contributed by atoms with Crippen molar-refractivity contribution in [2.75, 3.05) is 6.54 Å². The minimum Gasteiger partial charge on any atom is -0.323 e. The third kappa shape index (κ3) is 2.34. The lowest BCUT2D eigenvalue weighted by Crippen LogP contribution is -2.54. The van der Waals surface area contributed by atoms with Crippen LogP contribution in [0.3, 0.4) is 0 Å². The van der Waals surface area contributed by atoms with Crippen LogP contribution in [0.5, 0.6) is 0 Å². The Morgan fingerprint density at radius 1 is 1.35 bits per heavy atom. The molecule has 2 fully saturated rings. The highest BCUT2D eigenvalue weighted by atomic mass is 16.2. The molecule has 5 nitrogen and oxygen atoms in total. The maximum Gasteiger partial charge on any atom is 0.325 e. The van der Waals surface area contributed by atoms with E-state index in [2.05, 4.69) is 5.32 Å². The molecule has 2 rings (SSSR count). The molecule has 1 heterocycles. The summed E-state index contributed by atoms with van der Waals surface area (Å²) < 4.78 is 0. The monoisotopic (exact) mass is 280 g/mol. The van der Waals surface area contributed by atoms with Gasteiger partial charge in [-0.05, 0) is 18.8 Å². The van der Waals surface area contributed by atoms with E-state index >= 15 is 0 Å². The first-order valence-electron chi connectivity index (χ1n) is 7.36. The fourth-order valence-corrected chi connectivity index (χ4v) is 3.02. The van der Waals surface area contributed by atoms with Crippen LogP contribution >= 0.6 is 0 Å². The minimum atomic E-state index is -0.770. The molecule has 0 bridgehead atoms. The lowest BCUT2D eigenvalue weighted by Gasteiger charge is -2.36. The van der Waals surface area contributed by atoms with Gasteiger partial charge < -0.3 is 5.32 Å². The Morgan fingerprint density at radius 3 is 2.55 bits per heavy atom. The first-order valence-corrected chi connectivity index (χ1v) is 7.36. The van der Waals surface area contributed by atoms with E-state index in [1.165, 1.54) is 0 Å². The number of hydrogen-bond acceptors (Lipinski definition) is 3. The average molecular weight is 280 g/mol. The van der Waals surface area contributed by atoms with Crippen LogP contribution in [0.15, 0.2) is 0 Å². The van der Waals surface area contributed by atoms with E-state index in [-0.39, 0.29) is 24.2 Å². The molecule has 1 saturated heterocycles. The number of hydrogen-bond donors (Lipinski definition) is 1. The molecular formula is C15H24N2O3. The van der Waals surface area contributed by atoms with Crippen LogP contribution < -0.4 is 5.32 Å². The largest absolute Gasteiger partial charge is 0.325 e. The van der Waals surface area contributed by atoms with Crippen LogP contribution in [0.2, 0.25) is 0 Å². The van der Waals surface area contributed by atoms with Gasteiger partial charge in [0.1, 0.15) is 5.54 Å². The van der Waals surface area contributed by atoms with Crippen LogP contribution in [-0.2, 0) is 9.59 Å². The Bertz CT molecular complexity index is 453. The van der Waals surface area contributed by atoms with Gasteiger partial charge in [0.2, 0.25) is 0 Å². The summed E-state index contributed by atoms with van der Waals surface area (Å²) in [6, 6.07) is -0.415. The number of Topliss-reactive ketones (excluding diaryl/α,β-unsaturated/α-hetero) is 1. The van der Waals surface area contributed by atoms with E-state index in [1.807, 2.05) is 6.92 Å². The van der Waals surface area contributed by atoms with Crippen molar-refractivity contribution in [1.29, 1.82) is 0 Å². The van der Waals surface area contributed by atoms with E-state index < -0.39 is 17.0 Å². The highest BCUT2D eigenvalue weighted by Gasteiger charge is 2.55. The van der Waals surface area contributed by atoms with Gasteiger partial charge in [-0.25, -0.2) is 4.79 Å². The normalized spacial score (nSPS) is 30.8. The average Bonchev–Trinajstić information content (AvgIpc) is 2.57. The third-order valence-electron chi connectivity index (χ3n) is 4.64. The standard InChI is InChI=1S/C15H24N2O3/c1-10-7-5-6-8-15(10)12(19)17(13(20)16-15)9-11(18)14(2,3)4/h10H,5-9H2,1-4H3,(H,16,20)/t10-,15+/m1/s1. The molecule has 0 aromatic carbocycles. The van der Waals surface area contributed by atoms with Gasteiger partial charge in [0.25, 0.3) is 5.91 Å². The first-order chi connectivity index (χ1) is 9.18. The highest BCUT2D eigenvalue weighted by molar-refractivity contribution is 6.09. The Balaban J connectivity index is 2.19. The topological polar surface area (TPSA) is 66.5 Å². The zero-order valence-electron chi connectivity index (χ0n) is 12.8. The Labute approximate surface area is 120 Å². The second-order valence-electron chi connectivity index (χ2n) is 7.11. The van der Waals surface area contributed by atoms with Crippen molar-refractivity contribution in [3.8, 4) is 0 Å². The minimum absolute atomic E-state index is 0.0958. The van der Waals surface area contributed by atoms with E-state index in [1.54, 1.807) is 20.8 Å². The number of imide groups is 1. The second kappa shape index (κ2) is 4.86. The lowest BCUT2D eigenvalue weighted by atomic mass is 9.73. The first kappa shape index (κ1) is 15.0. The van der Waals surface area contributed by atoms with Gasteiger partial charge in [-0.2, -0.15) is 0 Å². The molecule has 0 radical (unpaired) electrons. The van der Waals surface area contributed by atoms with E-state index in [0.29, 0.717) is 6.42 Å². The predicted octanol–water partition coefficient (Wildman–Crippen LogP) is 2.10. The van der Waals surface area contributed by atoms with E-state index in [9.17, 15) is 14.4 Å². The molecule has 3 amide bonds. The molecule has 0 aromatic rings. The number of rotatable bonds is 2. The summed E-state index contributed by atoms with van der Waals surface area (Å²) >= 11 is 0. The predicted molar refractivity (Wildman–Crippen MR) is 75.1 cm³/mol. The molecule has 0 aromatic heterocycles. The van der Waals surface area contributed by atoms with Crippen molar-refractivity contribution in [1.82, 2.24) is 10.2 Å². The Kier molecular flexibility index (Phi) is 3.65. The number of amides is 3. The van der Waals surface area contributed by atoms with Crippen LogP contribution in [0, 0.1) is 11.3 Å². The van der Waals surface area contributed by atoms with Gasteiger partial charge in [0, 0.05) is 5.41 Å². The van der Waals surface area contributed by atoms with Crippen molar-refractivity contribution < 1.29 is 14.4 Å². The molecule has 2 aliphatic rings. The lowest BCUT2D eigenvalue weighted by molar-refractivity contribution is -0.138. The summed E-state index contributed by atoms with van der Waals surface area (Å²) in [5.74, 6) is -0.184. The number of carbonyl (C=O) groups is 3. The zero-order valence-corrected chi connectivity index (χ0v) is 12.8. The zero-order chi connectivity index (χ0) is 15.1. The number of carbonyl (C=O) groups excluding carboxylic acids is 3. The van der Waals surface area contributed by atoms with E-state index in [4.69, 9.17) is 0 Å². The molecule has 1 N–H and O–H groups in total. The number of ketones is 1. The molecule has 5 heteroatoms. The second-order valence-corrected chi connectivity index (χ2v) is 7.11. The maximum absolute atomic E-state index is 12.7. The SMILES string of the molecule is C[C@@H]1CCCC[C@]12NC(=O)N(CC(=O)C(C)(C)C)C2=O. The van der Waals surface area contributed by atoms with Gasteiger partial charge in [-0.1, -0.05) is 40.5 Å². The summed E-state index contributed by atoms with van der Waals surface area (Å²) in [4.78, 5) is 38.0. The van der Waals surface area contributed by atoms with Crippen LogP contribution in [0.25, 0.3) is 0 Å². The summed E-state index contributed by atoms with van der Waals surface area (Å²) in [5, 5.41) is 2.86. The van der Waals surface area contributed by atoms with Crippen molar-refractivity contribution in [3.63, 3.8) is 0 Å². The van der Waals surface area contributed by atoms with Crippen LogP contribution in [0.4, 0.5) is 4.79 Å². The van der Waals surface area contributed by atoms with Crippen LogP contribution in [0.1, 0.15) is 53.4 Å². The van der Waals surface area contributed by atoms with Crippen molar-refractivity contribution in [2.24, 2.45) is 11.3 Å². The third-order valence-corrected chi connectivity index (χ3v) is 4.64. The Morgan fingerprint density at radius 2 is 2.00 bits per heavy atom. The van der Waals surface area contributed by atoms with Gasteiger partial charge in [-0.15, -0.1) is 0 Å². The van der Waals surface area contributed by atoms with Crippen molar-refractivity contribution in [2.45, 2.75) is 58.9 Å². The summed E-state index contributed by atoms with van der Waals surface area (Å²) in [6.07, 6.45) is 3.65. The molecule has 1 aliphatic heterocycles. The summed E-state index contributed by atoms with van der Waals surface area (Å²) in [7, 11) is 0. The molecular weight excluding hydrogens is 256 g/mol. The van der Waals surface area contributed by atoms with E-state index in [0.717, 1.165) is 24.2 Å². The van der Waals surface area contributed by atoms with Gasteiger partial charge in [-0.3, -0.25) is 14.5 Å². The maximum atomic E-state index is 12.7. The summed E-state index contributed by atoms with van der Waals surface area (Å²) in [5.41, 5.74) is -1.32. The molecule has 112 valence electrons. The molecule has 1 aliphatic carbocycles. The molecule has 20 heavy (non-hydrogen) atoms. The van der Waals surface area contributed by atoms with Crippen molar-refractivity contribution >= 4 is 17.7 Å². The molecule has 0 unspecified atom stereocenters. The highest BCUT2D eigenvalue weighted by Crippen LogP contribution is 2.38. The van der Waals surface area contributed by atoms with Crippen molar-refractivity contribution in [3.05, 3.63) is 0 Å². The fourth-order valence-electron chi connectivity index (χ4n) is 3.02. The smallest absolute Gasteiger partial charge is 0.323 e. The Hall–Kier alpha value is -1.39. The quantitative estimate of drug-likeness (QED) is 0.788. The number of nitrogens with one attached hydrogen (secondary N) is 1. The number of urea groups is 1. The fraction of sp³-hybridized carbons (Fsp3) is 0.800. The summed E-state index contributed by atoms with van der Waals surface area (Å²) in [6.45, 7) is 7.28. The molecule has 1 saturated carbocycles. The van der Waals surface area contributed by atoms with Gasteiger partial charge in [0.05, 0.1) is 6.54 Å². The van der Waals surface area contributed by atoms with Crippen LogP contribution in [-0.4, -0.2) is 34.7 Å². The van der Waals surface area contributed by atoms with Gasteiger partial charge >= 0.3 is 6.03 Å². The number of nitrogens with zero attached hydrogens (tertiary/aromatic N) is 1.